The third-order valence-corrected chi connectivity index (χ3v) is 3.44. The van der Waals surface area contributed by atoms with Crippen LogP contribution in [0.25, 0.3) is 11.0 Å². The molecule has 22 heavy (non-hydrogen) atoms. The van der Waals surface area contributed by atoms with Gasteiger partial charge in [-0.1, -0.05) is 6.07 Å². The Morgan fingerprint density at radius 2 is 1.86 bits per heavy atom. The molecule has 114 valence electrons. The van der Waals surface area contributed by atoms with E-state index in [1.165, 1.54) is 18.2 Å². The van der Waals surface area contributed by atoms with Gasteiger partial charge < -0.3 is 14.8 Å². The molecule has 0 spiro atoms. The minimum atomic E-state index is -0.412. The molecule has 0 fully saturated rings. The lowest BCUT2D eigenvalue weighted by molar-refractivity contribution is 0.275. The first kappa shape index (κ1) is 14.7. The van der Waals surface area contributed by atoms with Crippen LogP contribution in [0.5, 0.6) is 0 Å². The number of halogens is 2. The van der Waals surface area contributed by atoms with Crippen LogP contribution in [0, 0.1) is 11.6 Å². The lowest BCUT2D eigenvalue weighted by atomic mass is 10.1. The summed E-state index contributed by atoms with van der Waals surface area (Å²) in [7, 11) is 0. The number of furan rings is 1. The molecule has 3 rings (SSSR count). The quantitative estimate of drug-likeness (QED) is 0.758. The maximum atomic E-state index is 13.3. The normalized spacial score (nSPS) is 11.2. The van der Waals surface area contributed by atoms with E-state index in [2.05, 4.69) is 5.32 Å². The van der Waals surface area contributed by atoms with E-state index in [0.717, 1.165) is 10.9 Å². The maximum Gasteiger partial charge on any atom is 0.134 e. The van der Waals surface area contributed by atoms with Gasteiger partial charge in [-0.15, -0.1) is 0 Å². The van der Waals surface area contributed by atoms with E-state index < -0.39 is 5.82 Å². The molecule has 0 aliphatic rings. The van der Waals surface area contributed by atoms with Crippen molar-refractivity contribution in [3.05, 3.63) is 71.0 Å². The first-order valence-corrected chi connectivity index (χ1v) is 6.92. The number of aliphatic hydroxyl groups is 1. The average molecular weight is 303 g/mol. The van der Waals surface area contributed by atoms with E-state index in [4.69, 9.17) is 9.52 Å². The Kier molecular flexibility index (Phi) is 4.18. The summed E-state index contributed by atoms with van der Waals surface area (Å²) in [4.78, 5) is 0. The number of hydrogen-bond acceptors (Lipinski definition) is 3. The number of nitrogens with one attached hydrogen (secondary N) is 1. The minimum Gasteiger partial charge on any atom is -0.460 e. The van der Waals surface area contributed by atoms with Crippen LogP contribution >= 0.6 is 0 Å². The van der Waals surface area contributed by atoms with E-state index in [0.29, 0.717) is 24.4 Å². The van der Waals surface area contributed by atoms with Crippen molar-refractivity contribution < 1.29 is 18.3 Å². The standard InChI is InChI=1S/C17H15F2NO2/c18-14-2-4-17-12(6-14)7-15(22-17)9-20-8-11-1-3-16(19)13(5-11)10-21/h1-7,20-21H,8-10H2. The minimum absolute atomic E-state index is 0.276. The molecular formula is C17H15F2NO2. The highest BCUT2D eigenvalue weighted by molar-refractivity contribution is 5.77. The molecule has 0 aliphatic carbocycles. The molecule has 0 unspecified atom stereocenters. The van der Waals surface area contributed by atoms with E-state index in [1.54, 1.807) is 24.3 Å². The highest BCUT2D eigenvalue weighted by Gasteiger charge is 2.06. The summed E-state index contributed by atoms with van der Waals surface area (Å²) < 4.78 is 32.0. The SMILES string of the molecule is OCc1cc(CNCc2cc3cc(F)ccc3o2)ccc1F. The molecule has 2 N–H and O–H groups in total. The van der Waals surface area contributed by atoms with Crippen molar-refractivity contribution in [3.8, 4) is 0 Å². The topological polar surface area (TPSA) is 45.4 Å². The van der Waals surface area contributed by atoms with Gasteiger partial charge in [0.2, 0.25) is 0 Å². The molecule has 0 atom stereocenters. The van der Waals surface area contributed by atoms with Crippen molar-refractivity contribution in [2.24, 2.45) is 0 Å². The summed E-state index contributed by atoms with van der Waals surface area (Å²) in [6.07, 6.45) is 0. The van der Waals surface area contributed by atoms with Crippen molar-refractivity contribution in [1.29, 1.82) is 0 Å². The van der Waals surface area contributed by atoms with E-state index in [9.17, 15) is 8.78 Å². The second kappa shape index (κ2) is 6.25. The number of hydrogen-bond donors (Lipinski definition) is 2. The van der Waals surface area contributed by atoms with Crippen molar-refractivity contribution >= 4 is 11.0 Å². The third-order valence-electron chi connectivity index (χ3n) is 3.44. The number of fused-ring (bicyclic) bond motifs is 1. The molecule has 3 nitrogen and oxygen atoms in total. The van der Waals surface area contributed by atoms with Gasteiger partial charge in [0.1, 0.15) is 23.0 Å². The van der Waals surface area contributed by atoms with Gasteiger partial charge in [0.25, 0.3) is 0 Å². The van der Waals surface area contributed by atoms with Crippen molar-refractivity contribution in [3.63, 3.8) is 0 Å². The van der Waals surface area contributed by atoms with Gasteiger partial charge in [0.15, 0.2) is 0 Å². The predicted octanol–water partition coefficient (Wildman–Crippen LogP) is 3.49. The van der Waals surface area contributed by atoms with Crippen LogP contribution in [-0.4, -0.2) is 5.11 Å². The average Bonchev–Trinajstić information content (AvgIpc) is 2.90. The molecule has 5 heteroatoms. The number of rotatable bonds is 5. The second-order valence-corrected chi connectivity index (χ2v) is 5.08. The predicted molar refractivity (Wildman–Crippen MR) is 79.0 cm³/mol. The van der Waals surface area contributed by atoms with Gasteiger partial charge in [-0.2, -0.15) is 0 Å². The zero-order valence-corrected chi connectivity index (χ0v) is 11.8. The highest BCUT2D eigenvalue weighted by atomic mass is 19.1. The first-order chi connectivity index (χ1) is 10.7. The van der Waals surface area contributed by atoms with E-state index in [-0.39, 0.29) is 18.0 Å². The Hall–Kier alpha value is -2.24. The van der Waals surface area contributed by atoms with Crippen molar-refractivity contribution in [2.75, 3.05) is 0 Å². The molecule has 3 aromatic rings. The molecule has 1 heterocycles. The zero-order valence-electron chi connectivity index (χ0n) is 11.8. The largest absolute Gasteiger partial charge is 0.460 e. The van der Waals surface area contributed by atoms with Crippen LogP contribution in [0.1, 0.15) is 16.9 Å². The van der Waals surface area contributed by atoms with Gasteiger partial charge in [0.05, 0.1) is 13.2 Å². The fourth-order valence-corrected chi connectivity index (χ4v) is 2.35. The molecule has 0 aliphatic heterocycles. The summed E-state index contributed by atoms with van der Waals surface area (Å²) >= 11 is 0. The smallest absolute Gasteiger partial charge is 0.134 e. The van der Waals surface area contributed by atoms with Crippen molar-refractivity contribution in [1.82, 2.24) is 5.32 Å². The number of benzene rings is 2. The Morgan fingerprint density at radius 1 is 1.00 bits per heavy atom. The molecule has 0 amide bonds. The van der Waals surface area contributed by atoms with Crippen LogP contribution in [0.15, 0.2) is 46.9 Å². The Morgan fingerprint density at radius 3 is 2.68 bits per heavy atom. The van der Waals surface area contributed by atoms with Crippen LogP contribution in [0.4, 0.5) is 8.78 Å². The van der Waals surface area contributed by atoms with Gasteiger partial charge in [-0.05, 0) is 42.0 Å². The molecule has 1 aromatic heterocycles. The Labute approximate surface area is 126 Å². The van der Waals surface area contributed by atoms with Crippen LogP contribution < -0.4 is 5.32 Å². The fourth-order valence-electron chi connectivity index (χ4n) is 2.35. The molecule has 0 bridgehead atoms. The zero-order chi connectivity index (χ0) is 15.5. The van der Waals surface area contributed by atoms with E-state index >= 15 is 0 Å². The van der Waals surface area contributed by atoms with Crippen LogP contribution in [0.2, 0.25) is 0 Å². The Balaban J connectivity index is 1.64. The van der Waals surface area contributed by atoms with Gasteiger partial charge >= 0.3 is 0 Å². The number of aliphatic hydroxyl groups excluding tert-OH is 1. The van der Waals surface area contributed by atoms with E-state index in [1.807, 2.05) is 0 Å². The van der Waals surface area contributed by atoms with Gasteiger partial charge in [-0.3, -0.25) is 0 Å². The van der Waals surface area contributed by atoms with Crippen LogP contribution in [-0.2, 0) is 19.7 Å². The molecule has 0 saturated carbocycles. The van der Waals surface area contributed by atoms with Crippen molar-refractivity contribution in [2.45, 2.75) is 19.7 Å². The monoisotopic (exact) mass is 303 g/mol. The molecular weight excluding hydrogens is 288 g/mol. The Bertz CT molecular complexity index is 798. The maximum absolute atomic E-state index is 13.3. The summed E-state index contributed by atoms with van der Waals surface area (Å²) in [5.41, 5.74) is 1.79. The highest BCUT2D eigenvalue weighted by Crippen LogP contribution is 2.20. The summed E-state index contributed by atoms with van der Waals surface area (Å²) in [5, 5.41) is 12.9. The molecule has 0 saturated heterocycles. The summed E-state index contributed by atoms with van der Waals surface area (Å²) in [6, 6.07) is 10.8. The molecule has 2 aromatic carbocycles. The first-order valence-electron chi connectivity index (χ1n) is 6.92. The fraction of sp³-hybridized carbons (Fsp3) is 0.176. The van der Waals surface area contributed by atoms with Gasteiger partial charge in [-0.25, -0.2) is 8.78 Å². The lowest BCUT2D eigenvalue weighted by Gasteiger charge is -2.06. The second-order valence-electron chi connectivity index (χ2n) is 5.08. The van der Waals surface area contributed by atoms with Gasteiger partial charge in [0, 0.05) is 17.5 Å². The summed E-state index contributed by atoms with van der Waals surface area (Å²) in [5.74, 6) is -0.00805. The van der Waals surface area contributed by atoms with Crippen LogP contribution in [0.3, 0.4) is 0 Å². The lowest BCUT2D eigenvalue weighted by Crippen LogP contribution is -2.12. The molecule has 0 radical (unpaired) electrons. The summed E-state index contributed by atoms with van der Waals surface area (Å²) in [6.45, 7) is 0.662. The third kappa shape index (κ3) is 3.16.